The highest BCUT2D eigenvalue weighted by atomic mass is 16.2. The van der Waals surface area contributed by atoms with E-state index >= 15 is 0 Å². The van der Waals surface area contributed by atoms with Crippen LogP contribution in [-0.4, -0.2) is 16.8 Å². The third kappa shape index (κ3) is 2.52. The molecule has 1 fully saturated rings. The van der Waals surface area contributed by atoms with Gasteiger partial charge in [-0.2, -0.15) is 0 Å². The third-order valence-corrected chi connectivity index (χ3v) is 3.19. The first-order valence-corrected chi connectivity index (χ1v) is 5.72. The predicted octanol–water partition coefficient (Wildman–Crippen LogP) is 2.09. The maximum absolute atomic E-state index is 12.0. The zero-order valence-corrected chi connectivity index (χ0v) is 9.99. The molecule has 2 N–H and O–H groups in total. The molecule has 0 aliphatic heterocycles. The number of hydrogen-bond acceptors (Lipinski definition) is 2. The molecule has 0 heterocycles. The standard InChI is InChI=1S/C12H22N2O/c1-8(2)12(15)14(10(4)13)11-7-5-6-9(11)3/h8-9,11H,4-7,13H2,1-3H3. The lowest BCUT2D eigenvalue weighted by atomic mass is 10.0. The predicted molar refractivity (Wildman–Crippen MR) is 61.8 cm³/mol. The molecule has 86 valence electrons. The van der Waals surface area contributed by atoms with Gasteiger partial charge in [0.25, 0.3) is 0 Å². The molecule has 1 amide bonds. The quantitative estimate of drug-likeness (QED) is 0.775. The van der Waals surface area contributed by atoms with Crippen LogP contribution < -0.4 is 5.73 Å². The number of nitrogens with two attached hydrogens (primary N) is 1. The first-order valence-electron chi connectivity index (χ1n) is 5.72. The van der Waals surface area contributed by atoms with E-state index in [0.29, 0.717) is 11.7 Å². The van der Waals surface area contributed by atoms with Crippen molar-refractivity contribution in [2.45, 2.75) is 46.1 Å². The summed E-state index contributed by atoms with van der Waals surface area (Å²) in [6.45, 7) is 9.70. The summed E-state index contributed by atoms with van der Waals surface area (Å²) in [6.07, 6.45) is 3.41. The molecule has 3 nitrogen and oxygen atoms in total. The average molecular weight is 210 g/mol. The first-order chi connectivity index (χ1) is 6.95. The van der Waals surface area contributed by atoms with Gasteiger partial charge < -0.3 is 5.73 Å². The number of amides is 1. The van der Waals surface area contributed by atoms with Crippen LogP contribution in [0, 0.1) is 11.8 Å². The van der Waals surface area contributed by atoms with Crippen molar-refractivity contribution in [3.8, 4) is 0 Å². The van der Waals surface area contributed by atoms with E-state index in [2.05, 4.69) is 13.5 Å². The molecule has 0 bridgehead atoms. The Morgan fingerprint density at radius 1 is 1.47 bits per heavy atom. The van der Waals surface area contributed by atoms with Crippen molar-refractivity contribution in [3.05, 3.63) is 12.4 Å². The Labute approximate surface area is 92.3 Å². The molecule has 2 unspecified atom stereocenters. The number of nitrogens with zero attached hydrogens (tertiary/aromatic N) is 1. The van der Waals surface area contributed by atoms with Gasteiger partial charge in [-0.15, -0.1) is 0 Å². The van der Waals surface area contributed by atoms with Crippen molar-refractivity contribution in [2.75, 3.05) is 0 Å². The number of carbonyl (C=O) groups excluding carboxylic acids is 1. The van der Waals surface area contributed by atoms with Crippen molar-refractivity contribution < 1.29 is 4.79 Å². The molecule has 1 rings (SSSR count). The minimum absolute atomic E-state index is 0.0156. The van der Waals surface area contributed by atoms with E-state index in [1.165, 1.54) is 12.8 Å². The van der Waals surface area contributed by atoms with E-state index in [4.69, 9.17) is 5.73 Å². The summed E-state index contributed by atoms with van der Waals surface area (Å²) in [4.78, 5) is 13.7. The Bertz CT molecular complexity index is 260. The second kappa shape index (κ2) is 4.69. The molecule has 1 aliphatic rings. The van der Waals surface area contributed by atoms with Gasteiger partial charge >= 0.3 is 0 Å². The Kier molecular flexibility index (Phi) is 3.77. The molecule has 1 saturated carbocycles. The summed E-state index contributed by atoms with van der Waals surface area (Å²) in [5.74, 6) is 1.01. The number of hydrogen-bond donors (Lipinski definition) is 1. The molecule has 2 atom stereocenters. The minimum Gasteiger partial charge on any atom is -0.386 e. The van der Waals surface area contributed by atoms with Crippen LogP contribution in [0.5, 0.6) is 0 Å². The average Bonchev–Trinajstić information content (AvgIpc) is 2.52. The highest BCUT2D eigenvalue weighted by Crippen LogP contribution is 2.31. The van der Waals surface area contributed by atoms with Crippen LogP contribution in [0.15, 0.2) is 12.4 Å². The van der Waals surface area contributed by atoms with Gasteiger partial charge in [-0.1, -0.05) is 33.8 Å². The minimum atomic E-state index is -0.0156. The fourth-order valence-corrected chi connectivity index (χ4v) is 2.31. The summed E-state index contributed by atoms with van der Waals surface area (Å²) >= 11 is 0. The van der Waals surface area contributed by atoms with Gasteiger partial charge in [0, 0.05) is 12.0 Å². The lowest BCUT2D eigenvalue weighted by Gasteiger charge is -2.32. The summed E-state index contributed by atoms with van der Waals surface area (Å²) in [7, 11) is 0. The first kappa shape index (κ1) is 12.1. The molecule has 1 aliphatic carbocycles. The van der Waals surface area contributed by atoms with Crippen LogP contribution >= 0.6 is 0 Å². The number of rotatable bonds is 3. The smallest absolute Gasteiger partial charge is 0.230 e. The summed E-state index contributed by atoms with van der Waals surface area (Å²) in [5.41, 5.74) is 5.73. The van der Waals surface area contributed by atoms with Crippen LogP contribution in [0.4, 0.5) is 0 Å². The Balaban J connectivity index is 2.82. The van der Waals surface area contributed by atoms with E-state index < -0.39 is 0 Å². The molecule has 0 aromatic carbocycles. The van der Waals surface area contributed by atoms with Gasteiger partial charge in [0.15, 0.2) is 0 Å². The molecule has 0 aromatic rings. The van der Waals surface area contributed by atoms with Gasteiger partial charge in [-0.3, -0.25) is 9.69 Å². The normalized spacial score (nSPS) is 25.6. The molecule has 0 aromatic heterocycles. The summed E-state index contributed by atoms with van der Waals surface area (Å²) in [5, 5.41) is 0. The zero-order valence-electron chi connectivity index (χ0n) is 9.99. The van der Waals surface area contributed by atoms with Crippen LogP contribution in [0.3, 0.4) is 0 Å². The molecule has 0 saturated heterocycles. The Morgan fingerprint density at radius 2 is 2.07 bits per heavy atom. The maximum Gasteiger partial charge on any atom is 0.230 e. The number of carbonyl (C=O) groups is 1. The van der Waals surface area contributed by atoms with Gasteiger partial charge in [0.2, 0.25) is 5.91 Å². The Hall–Kier alpha value is -0.990. The van der Waals surface area contributed by atoms with E-state index in [1.807, 2.05) is 13.8 Å². The van der Waals surface area contributed by atoms with Crippen LogP contribution in [0.2, 0.25) is 0 Å². The van der Waals surface area contributed by atoms with Crippen LogP contribution in [0.1, 0.15) is 40.0 Å². The van der Waals surface area contributed by atoms with Gasteiger partial charge in [-0.25, -0.2) is 0 Å². The van der Waals surface area contributed by atoms with Crippen molar-refractivity contribution in [1.29, 1.82) is 0 Å². The fourth-order valence-electron chi connectivity index (χ4n) is 2.31. The molecular weight excluding hydrogens is 188 g/mol. The van der Waals surface area contributed by atoms with Crippen molar-refractivity contribution in [1.82, 2.24) is 4.90 Å². The lowest BCUT2D eigenvalue weighted by molar-refractivity contribution is -0.135. The summed E-state index contributed by atoms with van der Waals surface area (Å²) in [6, 6.07) is 0.261. The topological polar surface area (TPSA) is 46.3 Å². The molecular formula is C12H22N2O. The molecule has 3 heteroatoms. The van der Waals surface area contributed by atoms with Gasteiger partial charge in [0.1, 0.15) is 0 Å². The van der Waals surface area contributed by atoms with Crippen molar-refractivity contribution in [3.63, 3.8) is 0 Å². The van der Waals surface area contributed by atoms with Gasteiger partial charge in [0.05, 0.1) is 5.82 Å². The van der Waals surface area contributed by atoms with Crippen LogP contribution in [0.25, 0.3) is 0 Å². The van der Waals surface area contributed by atoms with E-state index in [9.17, 15) is 4.79 Å². The second-order valence-corrected chi connectivity index (χ2v) is 4.83. The molecule has 0 spiro atoms. The highest BCUT2D eigenvalue weighted by molar-refractivity contribution is 5.80. The largest absolute Gasteiger partial charge is 0.386 e. The lowest BCUT2D eigenvalue weighted by Crippen LogP contribution is -2.45. The van der Waals surface area contributed by atoms with Crippen molar-refractivity contribution in [2.24, 2.45) is 17.6 Å². The monoisotopic (exact) mass is 210 g/mol. The molecule has 15 heavy (non-hydrogen) atoms. The highest BCUT2D eigenvalue weighted by Gasteiger charge is 2.33. The summed E-state index contributed by atoms with van der Waals surface area (Å²) < 4.78 is 0. The SMILES string of the molecule is C=C(N)N(C(=O)C(C)C)C1CCCC1C. The van der Waals surface area contributed by atoms with E-state index in [0.717, 1.165) is 6.42 Å². The van der Waals surface area contributed by atoms with E-state index in [1.54, 1.807) is 4.90 Å². The molecule has 0 radical (unpaired) electrons. The third-order valence-electron chi connectivity index (χ3n) is 3.19. The van der Waals surface area contributed by atoms with Crippen molar-refractivity contribution >= 4 is 5.91 Å². The van der Waals surface area contributed by atoms with E-state index in [-0.39, 0.29) is 17.9 Å². The maximum atomic E-state index is 12.0. The second-order valence-electron chi connectivity index (χ2n) is 4.83. The Morgan fingerprint density at radius 3 is 2.40 bits per heavy atom. The zero-order chi connectivity index (χ0) is 11.6. The fraction of sp³-hybridized carbons (Fsp3) is 0.750. The van der Waals surface area contributed by atoms with Crippen LogP contribution in [-0.2, 0) is 4.79 Å². The van der Waals surface area contributed by atoms with Gasteiger partial charge in [-0.05, 0) is 18.8 Å².